The first-order valence-corrected chi connectivity index (χ1v) is 8.06. The molecule has 3 rings (SSSR count). The first-order valence-electron chi connectivity index (χ1n) is 7.01. The van der Waals surface area contributed by atoms with Crippen LogP contribution < -0.4 is 0 Å². The molecule has 0 radical (unpaired) electrons. The lowest BCUT2D eigenvalue weighted by Gasteiger charge is -2.04. The van der Waals surface area contributed by atoms with Crippen molar-refractivity contribution >= 4 is 17.7 Å². The second kappa shape index (κ2) is 6.30. The van der Waals surface area contributed by atoms with Gasteiger partial charge in [0.05, 0.1) is 16.9 Å². The Kier molecular flexibility index (Phi) is 4.24. The third-order valence-corrected chi connectivity index (χ3v) is 4.97. The molecule has 1 saturated carbocycles. The predicted molar refractivity (Wildman–Crippen MR) is 80.2 cm³/mol. The summed E-state index contributed by atoms with van der Waals surface area (Å²) in [5, 5.41) is 13.8. The predicted octanol–water partition coefficient (Wildman–Crippen LogP) is 3.61. The monoisotopic (exact) mass is 304 g/mol. The number of rotatable bonds is 5. The van der Waals surface area contributed by atoms with Gasteiger partial charge >= 0.3 is 5.97 Å². The molecule has 1 aliphatic carbocycles. The zero-order valence-corrected chi connectivity index (χ0v) is 12.3. The molecule has 6 heteroatoms. The van der Waals surface area contributed by atoms with E-state index in [1.807, 2.05) is 11.8 Å². The molecule has 1 fully saturated rings. The minimum absolute atomic E-state index is 0.177. The van der Waals surface area contributed by atoms with E-state index in [1.165, 1.54) is 31.7 Å². The van der Waals surface area contributed by atoms with Gasteiger partial charge in [0.1, 0.15) is 0 Å². The van der Waals surface area contributed by atoms with Gasteiger partial charge in [0.2, 0.25) is 0 Å². The molecule has 110 valence electrons. The summed E-state index contributed by atoms with van der Waals surface area (Å²) >= 11 is 1.85. The molecule has 0 aliphatic heterocycles. The highest BCUT2D eigenvalue weighted by molar-refractivity contribution is 7.99. The Morgan fingerprint density at radius 3 is 2.86 bits per heavy atom. The Hall–Kier alpha value is -1.82. The summed E-state index contributed by atoms with van der Waals surface area (Å²) in [6, 6.07) is 6.67. The number of hydrogen-bond donors (Lipinski definition) is 1. The highest BCUT2D eigenvalue weighted by Gasteiger charge is 2.19. The lowest BCUT2D eigenvalue weighted by Crippen LogP contribution is -1.99. The second-order valence-corrected chi connectivity index (χ2v) is 6.37. The van der Waals surface area contributed by atoms with Crippen LogP contribution in [0.3, 0.4) is 0 Å². The number of thioether (sulfide) groups is 1. The quantitative estimate of drug-likeness (QED) is 0.909. The van der Waals surface area contributed by atoms with E-state index in [0.717, 1.165) is 0 Å². The van der Waals surface area contributed by atoms with Gasteiger partial charge < -0.3 is 9.63 Å². The molecule has 5 nitrogen and oxygen atoms in total. The summed E-state index contributed by atoms with van der Waals surface area (Å²) in [5.74, 6) is 0.617. The van der Waals surface area contributed by atoms with Gasteiger partial charge in [0.25, 0.3) is 5.89 Å². The van der Waals surface area contributed by atoms with Crippen molar-refractivity contribution in [3.8, 4) is 11.5 Å². The van der Waals surface area contributed by atoms with E-state index in [-0.39, 0.29) is 11.5 Å². The van der Waals surface area contributed by atoms with Gasteiger partial charge in [-0.3, -0.25) is 0 Å². The minimum atomic E-state index is -0.995. The van der Waals surface area contributed by atoms with E-state index in [1.54, 1.807) is 18.2 Å². The van der Waals surface area contributed by atoms with Crippen molar-refractivity contribution in [2.24, 2.45) is 0 Å². The van der Waals surface area contributed by atoms with Gasteiger partial charge in [-0.25, -0.2) is 4.79 Å². The second-order valence-electron chi connectivity index (χ2n) is 5.08. The van der Waals surface area contributed by atoms with Crippen molar-refractivity contribution in [2.75, 3.05) is 0 Å². The maximum absolute atomic E-state index is 11.2. The average molecular weight is 304 g/mol. The number of aromatic nitrogens is 2. The third-order valence-electron chi connectivity index (χ3n) is 3.61. The van der Waals surface area contributed by atoms with Crippen LogP contribution in [0.5, 0.6) is 0 Å². The Balaban J connectivity index is 1.74. The van der Waals surface area contributed by atoms with Crippen molar-refractivity contribution < 1.29 is 14.4 Å². The number of carbonyl (C=O) groups is 1. The third kappa shape index (κ3) is 3.26. The summed E-state index contributed by atoms with van der Waals surface area (Å²) in [5.41, 5.74) is 0.644. The van der Waals surface area contributed by atoms with Crippen LogP contribution in [0.2, 0.25) is 0 Å². The maximum atomic E-state index is 11.2. The SMILES string of the molecule is O=C(O)c1ccccc1-c1nc(CSC2CCCC2)no1. The standard InChI is InChI=1S/C15H16N2O3S/c18-15(19)12-8-4-3-7-11(12)14-16-13(17-20-14)9-21-10-5-1-2-6-10/h3-4,7-8,10H,1-2,5-6,9H2,(H,18,19). The lowest BCUT2D eigenvalue weighted by molar-refractivity contribution is 0.0697. The molecular weight excluding hydrogens is 288 g/mol. The van der Waals surface area contributed by atoms with E-state index in [9.17, 15) is 9.90 Å². The van der Waals surface area contributed by atoms with E-state index < -0.39 is 5.97 Å². The van der Waals surface area contributed by atoms with E-state index >= 15 is 0 Å². The van der Waals surface area contributed by atoms with E-state index in [0.29, 0.717) is 22.4 Å². The number of aromatic carboxylic acids is 1. The molecular formula is C15H16N2O3S. The maximum Gasteiger partial charge on any atom is 0.336 e. The van der Waals surface area contributed by atoms with Crippen LogP contribution in [0.4, 0.5) is 0 Å². The smallest absolute Gasteiger partial charge is 0.336 e. The highest BCUT2D eigenvalue weighted by atomic mass is 32.2. The van der Waals surface area contributed by atoms with Crippen LogP contribution in [-0.2, 0) is 5.75 Å². The van der Waals surface area contributed by atoms with E-state index in [2.05, 4.69) is 10.1 Å². The van der Waals surface area contributed by atoms with Crippen molar-refractivity contribution in [3.05, 3.63) is 35.7 Å². The van der Waals surface area contributed by atoms with Crippen LogP contribution in [0.1, 0.15) is 41.9 Å². The first kappa shape index (κ1) is 14.1. The number of carboxylic acid groups (broad SMARTS) is 1. The topological polar surface area (TPSA) is 76.2 Å². The zero-order valence-electron chi connectivity index (χ0n) is 11.5. The summed E-state index contributed by atoms with van der Waals surface area (Å²) < 4.78 is 5.22. The van der Waals surface area contributed by atoms with Gasteiger partial charge in [0, 0.05) is 5.25 Å². The Morgan fingerprint density at radius 2 is 2.10 bits per heavy atom. The Bertz CT molecular complexity index is 635. The lowest BCUT2D eigenvalue weighted by atomic mass is 10.1. The molecule has 0 amide bonds. The normalized spacial score (nSPS) is 15.4. The van der Waals surface area contributed by atoms with Gasteiger partial charge in [-0.05, 0) is 25.0 Å². The summed E-state index contributed by atoms with van der Waals surface area (Å²) in [4.78, 5) is 15.5. The minimum Gasteiger partial charge on any atom is -0.478 e. The fraction of sp³-hybridized carbons (Fsp3) is 0.400. The summed E-state index contributed by atoms with van der Waals surface area (Å²) in [6.07, 6.45) is 5.14. The fourth-order valence-corrected chi connectivity index (χ4v) is 3.69. The van der Waals surface area contributed by atoms with E-state index in [4.69, 9.17) is 4.52 Å². The fourth-order valence-electron chi connectivity index (χ4n) is 2.53. The number of carboxylic acids is 1. The Labute approximate surface area is 126 Å². The van der Waals surface area contributed by atoms with Gasteiger partial charge in [0.15, 0.2) is 5.82 Å². The average Bonchev–Trinajstić information content (AvgIpc) is 3.16. The van der Waals surface area contributed by atoms with Crippen molar-refractivity contribution in [2.45, 2.75) is 36.7 Å². The van der Waals surface area contributed by atoms with Crippen LogP contribution in [0, 0.1) is 0 Å². The van der Waals surface area contributed by atoms with Gasteiger partial charge in [-0.1, -0.05) is 30.1 Å². The molecule has 0 bridgehead atoms. The molecule has 0 unspecified atom stereocenters. The van der Waals surface area contributed by atoms with Crippen molar-refractivity contribution in [3.63, 3.8) is 0 Å². The molecule has 21 heavy (non-hydrogen) atoms. The number of hydrogen-bond acceptors (Lipinski definition) is 5. The molecule has 0 spiro atoms. The van der Waals surface area contributed by atoms with Crippen molar-refractivity contribution in [1.82, 2.24) is 10.1 Å². The first-order chi connectivity index (χ1) is 10.2. The van der Waals surface area contributed by atoms with Crippen LogP contribution in [-0.4, -0.2) is 26.5 Å². The van der Waals surface area contributed by atoms with Crippen LogP contribution in [0.15, 0.2) is 28.8 Å². The Morgan fingerprint density at radius 1 is 1.33 bits per heavy atom. The van der Waals surface area contributed by atoms with Gasteiger partial charge in [-0.2, -0.15) is 16.7 Å². The molecule has 0 saturated heterocycles. The zero-order chi connectivity index (χ0) is 14.7. The molecule has 0 atom stereocenters. The highest BCUT2D eigenvalue weighted by Crippen LogP contribution is 2.31. The molecule has 1 heterocycles. The molecule has 2 aromatic rings. The molecule has 1 aromatic carbocycles. The summed E-state index contributed by atoms with van der Waals surface area (Å²) in [6.45, 7) is 0. The van der Waals surface area contributed by atoms with Crippen LogP contribution >= 0.6 is 11.8 Å². The van der Waals surface area contributed by atoms with Gasteiger partial charge in [-0.15, -0.1) is 0 Å². The van der Waals surface area contributed by atoms with Crippen molar-refractivity contribution in [1.29, 1.82) is 0 Å². The summed E-state index contributed by atoms with van der Waals surface area (Å²) in [7, 11) is 0. The van der Waals surface area contributed by atoms with Crippen LogP contribution in [0.25, 0.3) is 11.5 Å². The number of nitrogens with zero attached hydrogens (tertiary/aromatic N) is 2. The molecule has 1 aliphatic rings. The molecule has 1 aromatic heterocycles. The number of benzene rings is 1. The molecule has 1 N–H and O–H groups in total. The largest absolute Gasteiger partial charge is 0.478 e.